The lowest BCUT2D eigenvalue weighted by atomic mass is 9.93. The first-order chi connectivity index (χ1) is 10.1. The number of rotatable bonds is 6. The van der Waals surface area contributed by atoms with Gasteiger partial charge in [0.15, 0.2) is 0 Å². The Kier molecular flexibility index (Phi) is 6.00. The molecule has 1 aliphatic heterocycles. The standard InChI is InChI=1S/C17H29N3O/c1-13-5-7-20(15(3)9-13)17-14(2)10-16(12-19-17)11-18-6-8-21-4/h10,12-13,15,18H,5-9,11H2,1-4H3. The van der Waals surface area contributed by atoms with E-state index < -0.39 is 0 Å². The number of ether oxygens (including phenoxy) is 1. The van der Waals surface area contributed by atoms with Crippen LogP contribution in [-0.2, 0) is 11.3 Å². The summed E-state index contributed by atoms with van der Waals surface area (Å²) in [6, 6.07) is 2.85. The van der Waals surface area contributed by atoms with Gasteiger partial charge in [-0.1, -0.05) is 6.92 Å². The summed E-state index contributed by atoms with van der Waals surface area (Å²) in [5, 5.41) is 3.36. The lowest BCUT2D eigenvalue weighted by Crippen LogP contribution is -2.41. The van der Waals surface area contributed by atoms with Gasteiger partial charge in [-0.15, -0.1) is 0 Å². The van der Waals surface area contributed by atoms with E-state index in [2.05, 4.69) is 37.1 Å². The lowest BCUT2D eigenvalue weighted by molar-refractivity contribution is 0.199. The molecule has 1 N–H and O–H groups in total. The van der Waals surface area contributed by atoms with Crippen molar-refractivity contribution in [2.75, 3.05) is 31.7 Å². The second-order valence-electron chi connectivity index (χ2n) is 6.33. The van der Waals surface area contributed by atoms with E-state index in [1.54, 1.807) is 7.11 Å². The van der Waals surface area contributed by atoms with Crippen molar-refractivity contribution in [2.45, 2.75) is 46.2 Å². The van der Waals surface area contributed by atoms with E-state index in [1.807, 2.05) is 6.20 Å². The van der Waals surface area contributed by atoms with E-state index in [1.165, 1.54) is 24.0 Å². The van der Waals surface area contributed by atoms with Crippen molar-refractivity contribution in [1.82, 2.24) is 10.3 Å². The van der Waals surface area contributed by atoms with Gasteiger partial charge in [0.05, 0.1) is 6.61 Å². The Bertz CT molecular complexity index is 450. The number of nitrogens with zero attached hydrogens (tertiary/aromatic N) is 2. The molecule has 0 saturated carbocycles. The number of hydrogen-bond acceptors (Lipinski definition) is 4. The van der Waals surface area contributed by atoms with Crippen molar-refractivity contribution >= 4 is 5.82 Å². The number of anilines is 1. The fourth-order valence-electron chi connectivity index (χ4n) is 3.15. The molecule has 2 unspecified atom stereocenters. The minimum atomic E-state index is 0.589. The largest absolute Gasteiger partial charge is 0.383 e. The number of hydrogen-bond donors (Lipinski definition) is 1. The molecule has 1 aromatic rings. The molecule has 118 valence electrons. The Labute approximate surface area is 128 Å². The first-order valence-corrected chi connectivity index (χ1v) is 8.03. The SMILES string of the molecule is COCCNCc1cnc(N2CCC(C)CC2C)c(C)c1. The number of aromatic nitrogens is 1. The summed E-state index contributed by atoms with van der Waals surface area (Å²) >= 11 is 0. The van der Waals surface area contributed by atoms with Crippen LogP contribution < -0.4 is 10.2 Å². The molecule has 4 nitrogen and oxygen atoms in total. The van der Waals surface area contributed by atoms with Crippen molar-refractivity contribution < 1.29 is 4.74 Å². The molecule has 0 spiro atoms. The van der Waals surface area contributed by atoms with Crippen LogP contribution in [0.4, 0.5) is 5.82 Å². The van der Waals surface area contributed by atoms with E-state index in [0.29, 0.717) is 6.04 Å². The maximum Gasteiger partial charge on any atom is 0.131 e. The van der Waals surface area contributed by atoms with Crippen LogP contribution in [0.2, 0.25) is 0 Å². The quantitative estimate of drug-likeness (QED) is 0.818. The second kappa shape index (κ2) is 7.76. The van der Waals surface area contributed by atoms with Gasteiger partial charge < -0.3 is 15.0 Å². The van der Waals surface area contributed by atoms with E-state index in [-0.39, 0.29) is 0 Å². The van der Waals surface area contributed by atoms with Crippen LogP contribution in [-0.4, -0.2) is 37.8 Å². The summed E-state index contributed by atoms with van der Waals surface area (Å²) in [4.78, 5) is 7.20. The summed E-state index contributed by atoms with van der Waals surface area (Å²) in [6.45, 7) is 10.4. The number of nitrogens with one attached hydrogen (secondary N) is 1. The smallest absolute Gasteiger partial charge is 0.131 e. The fourth-order valence-corrected chi connectivity index (χ4v) is 3.15. The first-order valence-electron chi connectivity index (χ1n) is 8.03. The van der Waals surface area contributed by atoms with Crippen molar-refractivity contribution in [2.24, 2.45) is 5.92 Å². The molecule has 2 heterocycles. The Morgan fingerprint density at radius 3 is 2.90 bits per heavy atom. The third kappa shape index (κ3) is 4.42. The van der Waals surface area contributed by atoms with Crippen LogP contribution in [0.25, 0.3) is 0 Å². The predicted octanol–water partition coefficient (Wildman–Crippen LogP) is 2.75. The summed E-state index contributed by atoms with van der Waals surface area (Å²) < 4.78 is 5.04. The molecule has 1 saturated heterocycles. The van der Waals surface area contributed by atoms with Crippen molar-refractivity contribution in [1.29, 1.82) is 0 Å². The molecule has 21 heavy (non-hydrogen) atoms. The number of methoxy groups -OCH3 is 1. The Morgan fingerprint density at radius 2 is 2.24 bits per heavy atom. The molecule has 4 heteroatoms. The number of pyridine rings is 1. The van der Waals surface area contributed by atoms with Crippen molar-refractivity contribution in [3.05, 3.63) is 23.4 Å². The highest BCUT2D eigenvalue weighted by atomic mass is 16.5. The molecular weight excluding hydrogens is 262 g/mol. The average Bonchev–Trinajstić information content (AvgIpc) is 2.45. The van der Waals surface area contributed by atoms with Gasteiger partial charge in [-0.25, -0.2) is 4.98 Å². The monoisotopic (exact) mass is 291 g/mol. The second-order valence-corrected chi connectivity index (χ2v) is 6.33. The van der Waals surface area contributed by atoms with Gasteiger partial charge >= 0.3 is 0 Å². The molecule has 2 atom stereocenters. The summed E-state index contributed by atoms with van der Waals surface area (Å²) in [5.41, 5.74) is 2.52. The van der Waals surface area contributed by atoms with Gasteiger partial charge in [0, 0.05) is 39.0 Å². The third-order valence-corrected chi connectivity index (χ3v) is 4.33. The molecule has 1 fully saturated rings. The van der Waals surface area contributed by atoms with E-state index >= 15 is 0 Å². The van der Waals surface area contributed by atoms with Crippen LogP contribution >= 0.6 is 0 Å². The molecule has 0 aromatic carbocycles. The lowest BCUT2D eigenvalue weighted by Gasteiger charge is -2.38. The van der Waals surface area contributed by atoms with Gasteiger partial charge in [0.25, 0.3) is 0 Å². The molecular formula is C17H29N3O. The zero-order valence-electron chi connectivity index (χ0n) is 13.9. The molecule has 1 aromatic heterocycles. The number of piperidine rings is 1. The number of aryl methyl sites for hydroxylation is 1. The molecule has 0 aliphatic carbocycles. The normalized spacial score (nSPS) is 22.6. The third-order valence-electron chi connectivity index (χ3n) is 4.33. The van der Waals surface area contributed by atoms with Crippen LogP contribution in [0.15, 0.2) is 12.3 Å². The highest BCUT2D eigenvalue weighted by molar-refractivity contribution is 5.48. The van der Waals surface area contributed by atoms with Crippen molar-refractivity contribution in [3.8, 4) is 0 Å². The minimum Gasteiger partial charge on any atom is -0.383 e. The zero-order chi connectivity index (χ0) is 15.2. The predicted molar refractivity (Wildman–Crippen MR) is 87.8 cm³/mol. The Hall–Kier alpha value is -1.13. The fraction of sp³-hybridized carbons (Fsp3) is 0.706. The summed E-state index contributed by atoms with van der Waals surface area (Å²) in [7, 11) is 1.73. The topological polar surface area (TPSA) is 37.4 Å². The summed E-state index contributed by atoms with van der Waals surface area (Å²) in [5.74, 6) is 2.00. The minimum absolute atomic E-state index is 0.589. The first kappa shape index (κ1) is 16.2. The van der Waals surface area contributed by atoms with E-state index in [4.69, 9.17) is 9.72 Å². The maximum atomic E-state index is 5.04. The van der Waals surface area contributed by atoms with Gasteiger partial charge in [-0.05, 0) is 49.8 Å². The average molecular weight is 291 g/mol. The van der Waals surface area contributed by atoms with Crippen LogP contribution in [0.3, 0.4) is 0 Å². The molecule has 0 radical (unpaired) electrons. The van der Waals surface area contributed by atoms with E-state index in [0.717, 1.165) is 38.0 Å². The van der Waals surface area contributed by atoms with Crippen LogP contribution in [0, 0.1) is 12.8 Å². The van der Waals surface area contributed by atoms with Crippen LogP contribution in [0.1, 0.15) is 37.8 Å². The molecule has 1 aliphatic rings. The van der Waals surface area contributed by atoms with E-state index in [9.17, 15) is 0 Å². The van der Waals surface area contributed by atoms with Crippen molar-refractivity contribution in [3.63, 3.8) is 0 Å². The van der Waals surface area contributed by atoms with Gasteiger partial charge in [0.1, 0.15) is 5.82 Å². The zero-order valence-corrected chi connectivity index (χ0v) is 13.9. The molecule has 2 rings (SSSR count). The van der Waals surface area contributed by atoms with Crippen LogP contribution in [0.5, 0.6) is 0 Å². The van der Waals surface area contributed by atoms with Gasteiger partial charge in [-0.3, -0.25) is 0 Å². The highest BCUT2D eigenvalue weighted by Crippen LogP contribution is 2.28. The van der Waals surface area contributed by atoms with Gasteiger partial charge in [-0.2, -0.15) is 0 Å². The molecule has 0 amide bonds. The summed E-state index contributed by atoms with van der Waals surface area (Å²) in [6.07, 6.45) is 4.54. The maximum absolute atomic E-state index is 5.04. The van der Waals surface area contributed by atoms with Gasteiger partial charge in [0.2, 0.25) is 0 Å². The molecule has 0 bridgehead atoms. The highest BCUT2D eigenvalue weighted by Gasteiger charge is 2.24. The Morgan fingerprint density at radius 1 is 1.43 bits per heavy atom. The Balaban J connectivity index is 1.98.